The summed E-state index contributed by atoms with van der Waals surface area (Å²) >= 11 is 0. The summed E-state index contributed by atoms with van der Waals surface area (Å²) < 4.78 is 0. The van der Waals surface area contributed by atoms with Gasteiger partial charge >= 0.3 is 5.97 Å². The topological polar surface area (TPSA) is 50.2 Å². The lowest BCUT2D eigenvalue weighted by molar-refractivity contribution is -0.139. The predicted molar refractivity (Wildman–Crippen MR) is 54.3 cm³/mol. The largest absolute Gasteiger partial charge is 0.481 e. The van der Waals surface area contributed by atoms with Gasteiger partial charge in [-0.2, -0.15) is 0 Å². The van der Waals surface area contributed by atoms with Crippen molar-refractivity contribution < 1.29 is 9.90 Å². The third-order valence-electron chi connectivity index (χ3n) is 2.31. The van der Waals surface area contributed by atoms with Crippen LogP contribution in [0, 0.1) is 6.92 Å². The van der Waals surface area contributed by atoms with E-state index in [4.69, 9.17) is 5.11 Å². The van der Waals surface area contributed by atoms with Crippen LogP contribution < -0.4 is 0 Å². The van der Waals surface area contributed by atoms with E-state index in [9.17, 15) is 4.79 Å². The first-order chi connectivity index (χ1) is 6.66. The summed E-state index contributed by atoms with van der Waals surface area (Å²) in [5, 5.41) is 9.06. The van der Waals surface area contributed by atoms with Crippen LogP contribution in [-0.2, 0) is 4.79 Å². The van der Waals surface area contributed by atoms with Gasteiger partial charge in [0.25, 0.3) is 0 Å². The minimum atomic E-state index is -0.749. The smallest absolute Gasteiger partial charge is 0.310 e. The van der Waals surface area contributed by atoms with Crippen LogP contribution >= 0.6 is 0 Å². The Balaban J connectivity index is 2.99. The molecule has 0 saturated carbocycles. The van der Waals surface area contributed by atoms with Gasteiger partial charge in [-0.15, -0.1) is 0 Å². The first kappa shape index (κ1) is 10.7. The Hall–Kier alpha value is -1.38. The van der Waals surface area contributed by atoms with E-state index in [0.717, 1.165) is 17.5 Å². The number of carbonyl (C=O) groups is 1. The summed E-state index contributed by atoms with van der Waals surface area (Å²) in [5.41, 5.74) is 1.84. The predicted octanol–water partition coefficient (Wildman–Crippen LogP) is 2.36. The van der Waals surface area contributed by atoms with E-state index in [2.05, 4.69) is 4.98 Å². The summed E-state index contributed by atoms with van der Waals surface area (Å²) in [4.78, 5) is 15.0. The number of pyridine rings is 1. The number of rotatable bonds is 4. The molecule has 3 nitrogen and oxygen atoms in total. The van der Waals surface area contributed by atoms with Crippen molar-refractivity contribution in [3.8, 4) is 0 Å². The first-order valence-electron chi connectivity index (χ1n) is 4.80. The molecule has 1 heterocycles. The lowest BCUT2D eigenvalue weighted by Gasteiger charge is -2.13. The maximum Gasteiger partial charge on any atom is 0.310 e. The molecule has 14 heavy (non-hydrogen) atoms. The standard InChI is InChI=1S/C11H15NO2/c1-3-4-10(11(13)14)9-5-6-12-7-8(9)2/h5-7,10H,3-4H2,1-2H3,(H,13,14). The zero-order valence-electron chi connectivity index (χ0n) is 8.53. The van der Waals surface area contributed by atoms with Crippen LogP contribution in [0.15, 0.2) is 18.5 Å². The second kappa shape index (κ2) is 4.74. The van der Waals surface area contributed by atoms with E-state index in [-0.39, 0.29) is 5.92 Å². The number of carboxylic acids is 1. The quantitative estimate of drug-likeness (QED) is 0.798. The lowest BCUT2D eigenvalue weighted by Crippen LogP contribution is -2.12. The van der Waals surface area contributed by atoms with Crippen molar-refractivity contribution in [1.82, 2.24) is 4.98 Å². The lowest BCUT2D eigenvalue weighted by atomic mass is 9.92. The van der Waals surface area contributed by atoms with E-state index in [1.165, 1.54) is 0 Å². The summed E-state index contributed by atoms with van der Waals surface area (Å²) in [5.74, 6) is -1.14. The number of hydrogen-bond donors (Lipinski definition) is 1. The molecule has 1 rings (SSSR count). The average molecular weight is 193 g/mol. The highest BCUT2D eigenvalue weighted by atomic mass is 16.4. The Morgan fingerprint density at radius 3 is 2.86 bits per heavy atom. The van der Waals surface area contributed by atoms with Gasteiger partial charge in [0.2, 0.25) is 0 Å². The molecule has 1 aromatic rings. The van der Waals surface area contributed by atoms with Gasteiger partial charge in [0.05, 0.1) is 5.92 Å². The molecular weight excluding hydrogens is 178 g/mol. The Kier molecular flexibility index (Phi) is 3.63. The van der Waals surface area contributed by atoms with Gasteiger partial charge in [0.15, 0.2) is 0 Å². The molecule has 0 saturated heterocycles. The van der Waals surface area contributed by atoms with Gasteiger partial charge in [0.1, 0.15) is 0 Å². The van der Waals surface area contributed by atoms with E-state index in [1.807, 2.05) is 13.8 Å². The fraction of sp³-hybridized carbons (Fsp3) is 0.455. The van der Waals surface area contributed by atoms with Crippen LogP contribution in [0.3, 0.4) is 0 Å². The molecule has 3 heteroatoms. The van der Waals surface area contributed by atoms with Crippen molar-refractivity contribution in [2.24, 2.45) is 0 Å². The Morgan fingerprint density at radius 2 is 2.36 bits per heavy atom. The van der Waals surface area contributed by atoms with Crippen LogP contribution in [0.25, 0.3) is 0 Å². The zero-order chi connectivity index (χ0) is 10.6. The van der Waals surface area contributed by atoms with Crippen LogP contribution in [0.2, 0.25) is 0 Å². The van der Waals surface area contributed by atoms with Crippen molar-refractivity contribution in [2.45, 2.75) is 32.6 Å². The SMILES string of the molecule is CCCC(C(=O)O)c1ccncc1C. The van der Waals surface area contributed by atoms with E-state index < -0.39 is 5.97 Å². The first-order valence-corrected chi connectivity index (χ1v) is 4.80. The van der Waals surface area contributed by atoms with Crippen molar-refractivity contribution >= 4 is 5.97 Å². The Bertz CT molecular complexity index is 323. The van der Waals surface area contributed by atoms with E-state index in [0.29, 0.717) is 6.42 Å². The third kappa shape index (κ3) is 2.31. The van der Waals surface area contributed by atoms with Crippen LogP contribution in [-0.4, -0.2) is 16.1 Å². The molecule has 0 aliphatic rings. The number of nitrogens with zero attached hydrogens (tertiary/aromatic N) is 1. The Morgan fingerprint density at radius 1 is 1.64 bits per heavy atom. The van der Waals surface area contributed by atoms with Gasteiger partial charge < -0.3 is 5.11 Å². The highest BCUT2D eigenvalue weighted by molar-refractivity contribution is 5.76. The number of carboxylic acid groups (broad SMARTS) is 1. The maximum atomic E-state index is 11.0. The highest BCUT2D eigenvalue weighted by Crippen LogP contribution is 2.23. The van der Waals surface area contributed by atoms with Gasteiger partial charge in [-0.3, -0.25) is 9.78 Å². The summed E-state index contributed by atoms with van der Waals surface area (Å²) in [6.07, 6.45) is 4.91. The van der Waals surface area contributed by atoms with E-state index >= 15 is 0 Å². The van der Waals surface area contributed by atoms with Crippen LogP contribution in [0.5, 0.6) is 0 Å². The minimum absolute atomic E-state index is 0.386. The number of aromatic nitrogens is 1. The van der Waals surface area contributed by atoms with Crippen LogP contribution in [0.4, 0.5) is 0 Å². The molecule has 0 bridgehead atoms. The van der Waals surface area contributed by atoms with E-state index in [1.54, 1.807) is 18.5 Å². The number of hydrogen-bond acceptors (Lipinski definition) is 2. The fourth-order valence-corrected chi connectivity index (χ4v) is 1.58. The molecule has 76 valence electrons. The number of aryl methyl sites for hydroxylation is 1. The molecule has 0 aromatic carbocycles. The third-order valence-corrected chi connectivity index (χ3v) is 2.31. The molecule has 1 N–H and O–H groups in total. The van der Waals surface area contributed by atoms with Gasteiger partial charge in [0, 0.05) is 12.4 Å². The van der Waals surface area contributed by atoms with Gasteiger partial charge in [-0.05, 0) is 30.5 Å². The zero-order valence-corrected chi connectivity index (χ0v) is 8.53. The average Bonchev–Trinajstić information content (AvgIpc) is 2.15. The molecule has 0 aliphatic carbocycles. The molecule has 0 aliphatic heterocycles. The molecule has 1 unspecified atom stereocenters. The molecule has 0 spiro atoms. The monoisotopic (exact) mass is 193 g/mol. The molecule has 0 radical (unpaired) electrons. The number of aliphatic carboxylic acids is 1. The second-order valence-electron chi connectivity index (χ2n) is 3.41. The fourth-order valence-electron chi connectivity index (χ4n) is 1.58. The van der Waals surface area contributed by atoms with Gasteiger partial charge in [-0.25, -0.2) is 0 Å². The maximum absolute atomic E-state index is 11.0. The molecular formula is C11H15NO2. The summed E-state index contributed by atoms with van der Waals surface area (Å²) in [6.45, 7) is 3.89. The van der Waals surface area contributed by atoms with Crippen molar-refractivity contribution in [3.63, 3.8) is 0 Å². The molecule has 1 atom stereocenters. The van der Waals surface area contributed by atoms with Gasteiger partial charge in [-0.1, -0.05) is 13.3 Å². The van der Waals surface area contributed by atoms with Crippen molar-refractivity contribution in [3.05, 3.63) is 29.6 Å². The summed E-state index contributed by atoms with van der Waals surface area (Å²) in [7, 11) is 0. The molecule has 1 aromatic heterocycles. The van der Waals surface area contributed by atoms with Crippen molar-refractivity contribution in [1.29, 1.82) is 0 Å². The highest BCUT2D eigenvalue weighted by Gasteiger charge is 2.19. The second-order valence-corrected chi connectivity index (χ2v) is 3.41. The minimum Gasteiger partial charge on any atom is -0.481 e. The molecule has 0 amide bonds. The normalized spacial score (nSPS) is 12.4. The summed E-state index contributed by atoms with van der Waals surface area (Å²) in [6, 6.07) is 1.80. The van der Waals surface area contributed by atoms with Crippen molar-refractivity contribution in [2.75, 3.05) is 0 Å². The van der Waals surface area contributed by atoms with Crippen LogP contribution in [0.1, 0.15) is 36.8 Å². The molecule has 0 fully saturated rings. The Labute approximate surface area is 83.8 Å².